The molecular formula is C25H26N4O2. The van der Waals surface area contributed by atoms with Gasteiger partial charge in [0.2, 0.25) is 11.8 Å². The van der Waals surface area contributed by atoms with Crippen molar-refractivity contribution in [3.8, 4) is 5.69 Å². The third-order valence-electron chi connectivity index (χ3n) is 6.19. The van der Waals surface area contributed by atoms with E-state index in [1.165, 1.54) is 5.69 Å². The average Bonchev–Trinajstić information content (AvgIpc) is 3.31. The van der Waals surface area contributed by atoms with E-state index >= 15 is 0 Å². The number of amides is 2. The number of carbonyl (C=O) groups excluding carboxylic acids is 2. The third kappa shape index (κ3) is 3.81. The molecule has 0 spiro atoms. The fraction of sp³-hybridized carbons (Fsp3) is 0.280. The van der Waals surface area contributed by atoms with Gasteiger partial charge < -0.3 is 19.3 Å². The molecule has 0 N–H and O–H groups in total. The van der Waals surface area contributed by atoms with Gasteiger partial charge >= 0.3 is 0 Å². The zero-order valence-electron chi connectivity index (χ0n) is 17.5. The highest BCUT2D eigenvalue weighted by Gasteiger charge is 2.27. The summed E-state index contributed by atoms with van der Waals surface area (Å²) in [4.78, 5) is 31.8. The molecule has 3 heterocycles. The van der Waals surface area contributed by atoms with Gasteiger partial charge in [-0.25, -0.2) is 0 Å². The van der Waals surface area contributed by atoms with Gasteiger partial charge in [-0.3, -0.25) is 9.59 Å². The zero-order chi connectivity index (χ0) is 21.2. The maximum Gasteiger partial charge on any atom is 0.227 e. The highest BCUT2D eigenvalue weighted by Crippen LogP contribution is 2.32. The van der Waals surface area contributed by atoms with E-state index in [9.17, 15) is 9.59 Å². The minimum absolute atomic E-state index is 0.00354. The first-order valence-electron chi connectivity index (χ1n) is 10.8. The molecule has 0 atom stereocenters. The molecule has 2 aromatic carbocycles. The van der Waals surface area contributed by atoms with Crippen molar-refractivity contribution in [2.24, 2.45) is 0 Å². The number of para-hydroxylation sites is 3. The summed E-state index contributed by atoms with van der Waals surface area (Å²) in [7, 11) is 0. The number of nitrogens with zero attached hydrogens (tertiary/aromatic N) is 4. The van der Waals surface area contributed by atoms with Gasteiger partial charge in [-0.1, -0.05) is 30.3 Å². The predicted octanol–water partition coefficient (Wildman–Crippen LogP) is 3.45. The van der Waals surface area contributed by atoms with Crippen molar-refractivity contribution < 1.29 is 9.59 Å². The van der Waals surface area contributed by atoms with Crippen LogP contribution in [0.15, 0.2) is 72.9 Å². The molecule has 1 aromatic heterocycles. The van der Waals surface area contributed by atoms with Gasteiger partial charge in [-0.15, -0.1) is 0 Å². The Balaban J connectivity index is 1.18. The molecule has 2 aliphatic heterocycles. The highest BCUT2D eigenvalue weighted by molar-refractivity contribution is 5.97. The largest absolute Gasteiger partial charge is 0.368 e. The zero-order valence-corrected chi connectivity index (χ0v) is 17.5. The monoisotopic (exact) mass is 414 g/mol. The fourth-order valence-corrected chi connectivity index (χ4v) is 4.51. The van der Waals surface area contributed by atoms with Crippen molar-refractivity contribution in [2.75, 3.05) is 36.0 Å². The van der Waals surface area contributed by atoms with Gasteiger partial charge in [0.25, 0.3) is 0 Å². The van der Waals surface area contributed by atoms with Gasteiger partial charge in [0.15, 0.2) is 0 Å². The standard InChI is InChI=1S/C25H26N4O2/c30-24(27-17-15-26(16-18-27)20-7-2-1-3-8-20)12-13-25(31)29-19-21-9-6-14-28(21)22-10-4-5-11-23(22)29/h1-11,14H,12-13,15-19H2. The maximum atomic E-state index is 13.1. The smallest absolute Gasteiger partial charge is 0.227 e. The second-order valence-corrected chi connectivity index (χ2v) is 8.04. The Hall–Kier alpha value is -3.54. The van der Waals surface area contributed by atoms with Crippen LogP contribution in [0, 0.1) is 0 Å². The maximum absolute atomic E-state index is 13.1. The fourth-order valence-electron chi connectivity index (χ4n) is 4.51. The molecule has 2 amide bonds. The van der Waals surface area contributed by atoms with Gasteiger partial charge in [-0.05, 0) is 36.4 Å². The van der Waals surface area contributed by atoms with Crippen LogP contribution < -0.4 is 9.80 Å². The molecule has 1 fully saturated rings. The molecule has 1 saturated heterocycles. The summed E-state index contributed by atoms with van der Waals surface area (Å²) in [6, 6.07) is 22.2. The number of aromatic nitrogens is 1. The van der Waals surface area contributed by atoms with Crippen LogP contribution in [0.4, 0.5) is 11.4 Å². The Morgan fingerprint density at radius 1 is 0.710 bits per heavy atom. The summed E-state index contributed by atoms with van der Waals surface area (Å²) < 4.78 is 2.12. The Morgan fingerprint density at radius 2 is 1.39 bits per heavy atom. The molecule has 6 nitrogen and oxygen atoms in total. The molecule has 31 heavy (non-hydrogen) atoms. The number of hydrogen-bond donors (Lipinski definition) is 0. The SMILES string of the molecule is O=C(CCC(=O)N1Cc2cccn2-c2ccccc21)N1CCN(c2ccccc2)CC1. The number of carbonyl (C=O) groups is 2. The summed E-state index contributed by atoms with van der Waals surface area (Å²) in [5, 5.41) is 0. The van der Waals surface area contributed by atoms with Crippen LogP contribution in [0.3, 0.4) is 0 Å². The topological polar surface area (TPSA) is 48.8 Å². The first-order chi connectivity index (χ1) is 15.2. The second-order valence-electron chi connectivity index (χ2n) is 8.04. The summed E-state index contributed by atoms with van der Waals surface area (Å²) in [6.45, 7) is 3.57. The van der Waals surface area contributed by atoms with Crippen LogP contribution in [-0.2, 0) is 16.1 Å². The average molecular weight is 415 g/mol. The van der Waals surface area contributed by atoms with E-state index in [0.717, 1.165) is 30.2 Å². The lowest BCUT2D eigenvalue weighted by molar-refractivity contribution is -0.133. The lowest BCUT2D eigenvalue weighted by Crippen LogP contribution is -2.49. The van der Waals surface area contributed by atoms with Gasteiger partial charge in [-0.2, -0.15) is 0 Å². The molecule has 5 rings (SSSR count). The van der Waals surface area contributed by atoms with E-state index in [-0.39, 0.29) is 24.7 Å². The second kappa shape index (κ2) is 8.30. The third-order valence-corrected chi connectivity index (χ3v) is 6.19. The summed E-state index contributed by atoms with van der Waals surface area (Å²) in [5.41, 5.74) is 4.18. The van der Waals surface area contributed by atoms with Crippen LogP contribution in [0.1, 0.15) is 18.5 Å². The van der Waals surface area contributed by atoms with E-state index in [0.29, 0.717) is 19.6 Å². The number of fused-ring (bicyclic) bond motifs is 3. The van der Waals surface area contributed by atoms with Crippen molar-refractivity contribution in [1.82, 2.24) is 9.47 Å². The summed E-state index contributed by atoms with van der Waals surface area (Å²) in [6.07, 6.45) is 2.51. The van der Waals surface area contributed by atoms with Crippen LogP contribution in [0.5, 0.6) is 0 Å². The van der Waals surface area contributed by atoms with Crippen molar-refractivity contribution >= 4 is 23.2 Å². The minimum atomic E-state index is -0.00354. The van der Waals surface area contributed by atoms with E-state index in [1.54, 1.807) is 0 Å². The Kier molecular flexibility index (Phi) is 5.20. The molecule has 0 saturated carbocycles. The van der Waals surface area contributed by atoms with E-state index in [2.05, 4.69) is 21.6 Å². The van der Waals surface area contributed by atoms with Crippen LogP contribution in [0.2, 0.25) is 0 Å². The first-order valence-corrected chi connectivity index (χ1v) is 10.8. The molecule has 6 heteroatoms. The van der Waals surface area contributed by atoms with Gasteiger partial charge in [0, 0.05) is 56.6 Å². The summed E-state index contributed by atoms with van der Waals surface area (Å²) in [5.74, 6) is 0.0610. The minimum Gasteiger partial charge on any atom is -0.368 e. The van der Waals surface area contributed by atoms with Crippen molar-refractivity contribution in [3.63, 3.8) is 0 Å². The molecule has 158 valence electrons. The number of anilines is 2. The molecule has 0 unspecified atom stereocenters. The molecule has 2 aliphatic rings. The van der Waals surface area contributed by atoms with Crippen molar-refractivity contribution in [1.29, 1.82) is 0 Å². The molecule has 0 radical (unpaired) electrons. The van der Waals surface area contributed by atoms with Gasteiger partial charge in [0.1, 0.15) is 0 Å². The van der Waals surface area contributed by atoms with Crippen LogP contribution >= 0.6 is 0 Å². The first kappa shape index (κ1) is 19.4. The van der Waals surface area contributed by atoms with E-state index in [1.807, 2.05) is 70.6 Å². The molecule has 0 aliphatic carbocycles. The Bertz CT molecular complexity index is 1080. The number of benzene rings is 2. The van der Waals surface area contributed by atoms with Crippen LogP contribution in [-0.4, -0.2) is 47.5 Å². The molecular weight excluding hydrogens is 388 g/mol. The molecule has 3 aromatic rings. The van der Waals surface area contributed by atoms with Crippen molar-refractivity contribution in [2.45, 2.75) is 19.4 Å². The van der Waals surface area contributed by atoms with Gasteiger partial charge in [0.05, 0.1) is 17.9 Å². The predicted molar refractivity (Wildman–Crippen MR) is 121 cm³/mol. The molecule has 0 bridgehead atoms. The van der Waals surface area contributed by atoms with Crippen LogP contribution in [0.25, 0.3) is 5.69 Å². The lowest BCUT2D eigenvalue weighted by Gasteiger charge is -2.36. The van der Waals surface area contributed by atoms with Crippen molar-refractivity contribution in [3.05, 3.63) is 78.6 Å². The number of piperazine rings is 1. The Morgan fingerprint density at radius 3 is 2.16 bits per heavy atom. The highest BCUT2D eigenvalue weighted by atomic mass is 16.2. The normalized spacial score (nSPS) is 15.4. The lowest BCUT2D eigenvalue weighted by atomic mass is 10.1. The number of hydrogen-bond acceptors (Lipinski definition) is 3. The van der Waals surface area contributed by atoms with E-state index < -0.39 is 0 Å². The Labute approximate surface area is 182 Å². The van der Waals surface area contributed by atoms with E-state index in [4.69, 9.17) is 0 Å². The number of rotatable bonds is 4. The quantitative estimate of drug-likeness (QED) is 0.657. The summed E-state index contributed by atoms with van der Waals surface area (Å²) >= 11 is 0.